The van der Waals surface area contributed by atoms with E-state index < -0.39 is 24.1 Å². The van der Waals surface area contributed by atoms with Crippen LogP contribution in [0, 0.1) is 6.92 Å². The molecule has 0 aromatic carbocycles. The van der Waals surface area contributed by atoms with E-state index in [2.05, 4.69) is 5.32 Å². The SMILES string of the molecule is Cc1ccc(CNC(=O)C2(C(F)(F)F)C/C(=C\CCO)CCCO2)o1. The van der Waals surface area contributed by atoms with Gasteiger partial charge >= 0.3 is 6.18 Å². The van der Waals surface area contributed by atoms with Crippen LogP contribution < -0.4 is 5.32 Å². The van der Waals surface area contributed by atoms with Gasteiger partial charge in [0.1, 0.15) is 11.5 Å². The van der Waals surface area contributed by atoms with Gasteiger partial charge in [-0.25, -0.2) is 0 Å². The van der Waals surface area contributed by atoms with Crippen molar-refractivity contribution < 1.29 is 32.2 Å². The molecule has 0 bridgehead atoms. The number of alkyl halides is 3. The zero-order valence-electron chi connectivity index (χ0n) is 14.0. The van der Waals surface area contributed by atoms with Crippen LogP contribution in [0.2, 0.25) is 0 Å². The first-order chi connectivity index (χ1) is 11.8. The highest BCUT2D eigenvalue weighted by Crippen LogP contribution is 2.41. The van der Waals surface area contributed by atoms with E-state index in [1.54, 1.807) is 25.1 Å². The van der Waals surface area contributed by atoms with Gasteiger partial charge in [-0.3, -0.25) is 4.79 Å². The van der Waals surface area contributed by atoms with Crippen LogP contribution in [0.4, 0.5) is 13.2 Å². The Labute approximate surface area is 143 Å². The summed E-state index contributed by atoms with van der Waals surface area (Å²) in [5, 5.41) is 11.2. The van der Waals surface area contributed by atoms with Gasteiger partial charge in [0.2, 0.25) is 5.60 Å². The second-order valence-corrected chi connectivity index (χ2v) is 6.02. The van der Waals surface area contributed by atoms with Crippen molar-refractivity contribution in [1.82, 2.24) is 5.32 Å². The summed E-state index contributed by atoms with van der Waals surface area (Å²) in [4.78, 5) is 12.4. The molecule has 0 aliphatic carbocycles. The Morgan fingerprint density at radius 1 is 1.44 bits per heavy atom. The lowest BCUT2D eigenvalue weighted by molar-refractivity contribution is -0.265. The number of carbonyl (C=O) groups excluding carboxylic acids is 1. The van der Waals surface area contributed by atoms with Gasteiger partial charge in [-0.2, -0.15) is 13.2 Å². The molecule has 1 aromatic heterocycles. The van der Waals surface area contributed by atoms with Crippen LogP contribution in [0.5, 0.6) is 0 Å². The van der Waals surface area contributed by atoms with E-state index in [-0.39, 0.29) is 26.2 Å². The highest BCUT2D eigenvalue weighted by molar-refractivity contribution is 5.86. The number of hydrogen-bond donors (Lipinski definition) is 2. The van der Waals surface area contributed by atoms with Crippen molar-refractivity contribution in [1.29, 1.82) is 0 Å². The van der Waals surface area contributed by atoms with Gasteiger partial charge < -0.3 is 19.6 Å². The molecule has 0 spiro atoms. The van der Waals surface area contributed by atoms with E-state index in [0.29, 0.717) is 29.9 Å². The molecule has 0 saturated carbocycles. The van der Waals surface area contributed by atoms with Crippen LogP contribution in [0.25, 0.3) is 0 Å². The lowest BCUT2D eigenvalue weighted by Gasteiger charge is -2.33. The van der Waals surface area contributed by atoms with E-state index in [1.807, 2.05) is 0 Å². The third-order valence-electron chi connectivity index (χ3n) is 4.07. The number of hydrogen-bond acceptors (Lipinski definition) is 4. The maximum Gasteiger partial charge on any atom is 0.426 e. The predicted molar refractivity (Wildman–Crippen MR) is 83.7 cm³/mol. The molecular weight excluding hydrogens is 339 g/mol. The lowest BCUT2D eigenvalue weighted by atomic mass is 9.90. The minimum Gasteiger partial charge on any atom is -0.465 e. The van der Waals surface area contributed by atoms with Crippen LogP contribution >= 0.6 is 0 Å². The summed E-state index contributed by atoms with van der Waals surface area (Å²) in [6, 6.07) is 3.26. The maximum atomic E-state index is 13.8. The van der Waals surface area contributed by atoms with Crippen LogP contribution in [0.15, 0.2) is 28.2 Å². The molecule has 1 atom stereocenters. The second kappa shape index (κ2) is 8.05. The van der Waals surface area contributed by atoms with E-state index >= 15 is 0 Å². The van der Waals surface area contributed by atoms with Crippen molar-refractivity contribution >= 4 is 5.91 Å². The van der Waals surface area contributed by atoms with Crippen LogP contribution in [-0.4, -0.2) is 36.0 Å². The first-order valence-corrected chi connectivity index (χ1v) is 8.11. The van der Waals surface area contributed by atoms with Crippen molar-refractivity contribution in [2.45, 2.75) is 50.9 Å². The van der Waals surface area contributed by atoms with Gasteiger partial charge in [0, 0.05) is 19.6 Å². The van der Waals surface area contributed by atoms with Crippen LogP contribution in [0.1, 0.15) is 37.2 Å². The van der Waals surface area contributed by atoms with E-state index in [1.165, 1.54) is 0 Å². The summed E-state index contributed by atoms with van der Waals surface area (Å²) in [6.45, 7) is 1.23. The molecule has 1 fully saturated rings. The Kier molecular flexibility index (Phi) is 6.29. The summed E-state index contributed by atoms with van der Waals surface area (Å²) in [6.07, 6.45) is -2.84. The molecule has 1 aromatic rings. The third kappa shape index (κ3) is 4.64. The fourth-order valence-electron chi connectivity index (χ4n) is 2.79. The van der Waals surface area contributed by atoms with Crippen LogP contribution in [0.3, 0.4) is 0 Å². The smallest absolute Gasteiger partial charge is 0.426 e. The fraction of sp³-hybridized carbons (Fsp3) is 0.588. The molecule has 25 heavy (non-hydrogen) atoms. The number of aryl methyl sites for hydroxylation is 1. The standard InChI is InChI=1S/C17H22F3NO4/c1-12-6-7-14(25-12)11-21-15(23)16(17(18,19)20)10-13(4-2-8-22)5-3-9-24-16/h4,6-7,22H,2-3,5,8-11H2,1H3,(H,21,23)/b13-4-. The maximum absolute atomic E-state index is 13.8. The molecule has 2 rings (SSSR count). The van der Waals surface area contributed by atoms with Crippen LogP contribution in [-0.2, 0) is 16.1 Å². The first-order valence-electron chi connectivity index (χ1n) is 8.11. The number of carbonyl (C=O) groups is 1. The largest absolute Gasteiger partial charge is 0.465 e. The van der Waals surface area contributed by atoms with Gasteiger partial charge in [-0.15, -0.1) is 0 Å². The van der Waals surface area contributed by atoms with Crippen molar-refractivity contribution in [2.24, 2.45) is 0 Å². The molecular formula is C17H22F3NO4. The van der Waals surface area contributed by atoms with Gasteiger partial charge in [-0.1, -0.05) is 11.6 Å². The summed E-state index contributed by atoms with van der Waals surface area (Å²) >= 11 is 0. The molecule has 1 aliphatic rings. The van der Waals surface area contributed by atoms with E-state index in [4.69, 9.17) is 14.3 Å². The quantitative estimate of drug-likeness (QED) is 0.791. The number of nitrogens with one attached hydrogen (secondary N) is 1. The lowest BCUT2D eigenvalue weighted by Crippen LogP contribution is -2.58. The number of aliphatic hydroxyl groups is 1. The highest BCUT2D eigenvalue weighted by Gasteiger charge is 2.62. The van der Waals surface area contributed by atoms with Gasteiger partial charge in [0.05, 0.1) is 6.54 Å². The topological polar surface area (TPSA) is 71.7 Å². The predicted octanol–water partition coefficient (Wildman–Crippen LogP) is 3.01. The summed E-state index contributed by atoms with van der Waals surface area (Å²) in [5.41, 5.74) is -2.46. The van der Waals surface area contributed by atoms with Gasteiger partial charge in [-0.05, 0) is 38.3 Å². The van der Waals surface area contributed by atoms with E-state index in [9.17, 15) is 18.0 Å². The molecule has 1 amide bonds. The van der Waals surface area contributed by atoms with Crippen molar-refractivity contribution in [3.8, 4) is 0 Å². The molecule has 2 heterocycles. The van der Waals surface area contributed by atoms with Gasteiger partial charge in [0.25, 0.3) is 5.91 Å². The van der Waals surface area contributed by atoms with Crippen molar-refractivity contribution in [2.75, 3.05) is 13.2 Å². The number of furan rings is 1. The number of rotatable bonds is 5. The number of aliphatic hydroxyl groups excluding tert-OH is 1. The second-order valence-electron chi connectivity index (χ2n) is 6.02. The Morgan fingerprint density at radius 2 is 2.20 bits per heavy atom. The minimum atomic E-state index is -4.86. The average molecular weight is 361 g/mol. The summed E-state index contributed by atoms with van der Waals surface area (Å²) in [7, 11) is 0. The molecule has 140 valence electrons. The minimum absolute atomic E-state index is 0.149. The molecule has 5 nitrogen and oxygen atoms in total. The van der Waals surface area contributed by atoms with Crippen molar-refractivity contribution in [3.05, 3.63) is 35.3 Å². The monoisotopic (exact) mass is 361 g/mol. The zero-order valence-corrected chi connectivity index (χ0v) is 14.0. The Bertz CT molecular complexity index is 624. The normalized spacial score (nSPS) is 23.5. The summed E-state index contributed by atoms with van der Waals surface area (Å²) in [5.74, 6) is -0.256. The number of amides is 1. The number of halogens is 3. The van der Waals surface area contributed by atoms with E-state index in [0.717, 1.165) is 0 Å². The first kappa shape index (κ1) is 19.5. The molecule has 1 unspecified atom stereocenters. The summed E-state index contributed by atoms with van der Waals surface area (Å²) < 4.78 is 51.6. The molecule has 2 N–H and O–H groups in total. The zero-order chi connectivity index (χ0) is 18.5. The Hall–Kier alpha value is -1.80. The number of ether oxygens (including phenoxy) is 1. The Morgan fingerprint density at radius 3 is 2.80 bits per heavy atom. The van der Waals surface area contributed by atoms with Gasteiger partial charge in [0.15, 0.2) is 0 Å². The average Bonchev–Trinajstić information content (AvgIpc) is 2.83. The van der Waals surface area contributed by atoms with Crippen molar-refractivity contribution in [3.63, 3.8) is 0 Å². The highest BCUT2D eigenvalue weighted by atomic mass is 19.4. The third-order valence-corrected chi connectivity index (χ3v) is 4.07. The Balaban J connectivity index is 2.21. The molecule has 1 aliphatic heterocycles. The molecule has 1 saturated heterocycles. The molecule has 0 radical (unpaired) electrons. The fourth-order valence-corrected chi connectivity index (χ4v) is 2.79. The molecule has 8 heteroatoms.